The predicted octanol–water partition coefficient (Wildman–Crippen LogP) is -2.39. The number of aliphatic hydroxyl groups excluding tert-OH is 8. The van der Waals surface area contributed by atoms with Crippen LogP contribution in [0, 0.1) is 0 Å². The van der Waals surface area contributed by atoms with E-state index in [1.54, 1.807) is 0 Å². The number of hydrogen-bond donors (Lipinski definition) is 11. The van der Waals surface area contributed by atoms with E-state index in [0.717, 1.165) is 6.07 Å². The maximum atomic E-state index is 13.5. The van der Waals surface area contributed by atoms with Gasteiger partial charge in [-0.1, -0.05) is 0 Å². The van der Waals surface area contributed by atoms with E-state index in [2.05, 4.69) is 0 Å². The summed E-state index contributed by atoms with van der Waals surface area (Å²) < 4.78 is 17.0. The van der Waals surface area contributed by atoms with Gasteiger partial charge in [-0.05, 0) is 24.3 Å². The summed E-state index contributed by atoms with van der Waals surface area (Å²) in [6.45, 7) is -1.70. The number of aliphatic hydroxyl groups is 8. The van der Waals surface area contributed by atoms with Crippen molar-refractivity contribution in [1.29, 1.82) is 0 Å². The average Bonchev–Trinajstić information content (AvgIpc) is 2.97. The van der Waals surface area contributed by atoms with E-state index in [-0.39, 0.29) is 17.1 Å². The van der Waals surface area contributed by atoms with Gasteiger partial charge in [-0.3, -0.25) is 4.79 Å². The second kappa shape index (κ2) is 11.4. The maximum Gasteiger partial charge on any atom is 0.197 e. The van der Waals surface area contributed by atoms with Gasteiger partial charge in [-0.2, -0.15) is 0 Å². The summed E-state index contributed by atoms with van der Waals surface area (Å²) >= 11 is 0. The molecule has 3 heterocycles. The molecule has 0 saturated carbocycles. The maximum absolute atomic E-state index is 13.5. The molecule has 10 atom stereocenters. The SMILES string of the molecule is O=c1cc(-c2ccc(O)cc2)oc2c([C@H]3O[C@@H](CO)[C@H](O)[C@@H](O)[C@@H]3O)c(O)c([C@H]3O[C@@H](CO)[C@H](O)[C@@H](O)[C@@H]3O)c(O)c12. The lowest BCUT2D eigenvalue weighted by Gasteiger charge is -2.42. The summed E-state index contributed by atoms with van der Waals surface area (Å²) in [4.78, 5) is 13.5. The van der Waals surface area contributed by atoms with Crippen molar-refractivity contribution in [1.82, 2.24) is 0 Å². The van der Waals surface area contributed by atoms with E-state index in [1.165, 1.54) is 24.3 Å². The Bertz CT molecular complexity index is 1500. The normalized spacial score (nSPS) is 33.6. The summed E-state index contributed by atoms with van der Waals surface area (Å²) in [6.07, 6.45) is -18.2. The van der Waals surface area contributed by atoms with Crippen LogP contribution in [0.25, 0.3) is 22.3 Å². The Kier molecular flexibility index (Phi) is 8.16. The third-order valence-corrected chi connectivity index (χ3v) is 7.70. The summed E-state index contributed by atoms with van der Waals surface area (Å²) in [6, 6.07) is 6.37. The highest BCUT2D eigenvalue weighted by Crippen LogP contribution is 2.51. The van der Waals surface area contributed by atoms with Crippen LogP contribution in [-0.2, 0) is 9.47 Å². The number of hydrogen-bond acceptors (Lipinski definition) is 15. The topological polar surface area (TPSA) is 271 Å². The van der Waals surface area contributed by atoms with Crippen LogP contribution in [0.4, 0.5) is 0 Å². The largest absolute Gasteiger partial charge is 0.508 e. The number of aromatic hydroxyl groups is 3. The summed E-state index contributed by atoms with van der Waals surface area (Å²) in [5.41, 5.74) is -2.48. The van der Waals surface area contributed by atoms with Crippen molar-refractivity contribution >= 4 is 11.0 Å². The lowest BCUT2D eigenvalue weighted by Crippen LogP contribution is -2.55. The number of fused-ring (bicyclic) bond motifs is 1. The molecule has 0 unspecified atom stereocenters. The fourth-order valence-corrected chi connectivity index (χ4v) is 5.39. The van der Waals surface area contributed by atoms with Crippen molar-refractivity contribution < 1.29 is 70.1 Å². The second-order valence-electron chi connectivity index (χ2n) is 10.2. The molecule has 0 spiro atoms. The molecule has 2 aliphatic heterocycles. The molecule has 42 heavy (non-hydrogen) atoms. The van der Waals surface area contributed by atoms with Gasteiger partial charge in [0, 0.05) is 11.6 Å². The zero-order chi connectivity index (χ0) is 30.6. The zero-order valence-corrected chi connectivity index (χ0v) is 21.6. The highest BCUT2D eigenvalue weighted by atomic mass is 16.6. The Balaban J connectivity index is 1.82. The van der Waals surface area contributed by atoms with Gasteiger partial charge < -0.3 is 70.1 Å². The average molecular weight is 595 g/mol. The lowest BCUT2D eigenvalue weighted by atomic mass is 9.85. The van der Waals surface area contributed by atoms with Crippen LogP contribution < -0.4 is 5.43 Å². The Hall–Kier alpha value is -3.35. The lowest BCUT2D eigenvalue weighted by molar-refractivity contribution is -0.234. The Morgan fingerprint density at radius 2 is 1.14 bits per heavy atom. The molecular weight excluding hydrogens is 564 g/mol. The highest BCUT2D eigenvalue weighted by Gasteiger charge is 2.50. The molecule has 1 aromatic heterocycles. The third-order valence-electron chi connectivity index (χ3n) is 7.70. The highest BCUT2D eigenvalue weighted by molar-refractivity contribution is 5.92. The number of ether oxygens (including phenoxy) is 2. The van der Waals surface area contributed by atoms with E-state index in [1.807, 2.05) is 0 Å². The van der Waals surface area contributed by atoms with E-state index in [9.17, 15) is 61.0 Å². The molecule has 0 aliphatic carbocycles. The van der Waals surface area contributed by atoms with Gasteiger partial charge >= 0.3 is 0 Å². The molecule has 2 fully saturated rings. The van der Waals surface area contributed by atoms with E-state index in [0.29, 0.717) is 0 Å². The van der Waals surface area contributed by atoms with Crippen molar-refractivity contribution in [2.75, 3.05) is 13.2 Å². The number of phenols is 3. The minimum atomic E-state index is -2.02. The van der Waals surface area contributed by atoms with Gasteiger partial charge in [-0.15, -0.1) is 0 Å². The predicted molar refractivity (Wildman–Crippen MR) is 138 cm³/mol. The molecule has 15 heteroatoms. The minimum Gasteiger partial charge on any atom is -0.508 e. The molecule has 2 aliphatic rings. The number of phenolic OH excluding ortho intramolecular Hbond substituents is 3. The van der Waals surface area contributed by atoms with E-state index in [4.69, 9.17) is 13.9 Å². The zero-order valence-electron chi connectivity index (χ0n) is 21.6. The third kappa shape index (κ3) is 4.79. The molecule has 228 valence electrons. The van der Waals surface area contributed by atoms with Crippen molar-refractivity contribution in [2.45, 2.75) is 61.0 Å². The molecular formula is C27H30O15. The fraction of sp³-hybridized carbons (Fsp3) is 0.444. The second-order valence-corrected chi connectivity index (χ2v) is 10.2. The van der Waals surface area contributed by atoms with Crippen LogP contribution in [-0.4, -0.2) is 118 Å². The first-order chi connectivity index (χ1) is 19.9. The summed E-state index contributed by atoms with van der Waals surface area (Å²) in [5, 5.41) is 114. The Morgan fingerprint density at radius 1 is 0.643 bits per heavy atom. The molecule has 2 saturated heterocycles. The Morgan fingerprint density at radius 3 is 1.64 bits per heavy atom. The number of benzene rings is 2. The van der Waals surface area contributed by atoms with Crippen molar-refractivity contribution in [3.8, 4) is 28.6 Å². The van der Waals surface area contributed by atoms with Crippen LogP contribution in [0.1, 0.15) is 23.3 Å². The summed E-state index contributed by atoms with van der Waals surface area (Å²) in [5.74, 6) is -2.20. The van der Waals surface area contributed by atoms with Gasteiger partial charge in [0.05, 0.1) is 24.3 Å². The molecule has 11 N–H and O–H groups in total. The van der Waals surface area contributed by atoms with Crippen molar-refractivity contribution in [3.05, 3.63) is 51.7 Å². The van der Waals surface area contributed by atoms with Crippen molar-refractivity contribution in [2.24, 2.45) is 0 Å². The van der Waals surface area contributed by atoms with Crippen LogP contribution in [0.5, 0.6) is 17.2 Å². The monoisotopic (exact) mass is 594 g/mol. The van der Waals surface area contributed by atoms with E-state index >= 15 is 0 Å². The van der Waals surface area contributed by atoms with Crippen LogP contribution in [0.2, 0.25) is 0 Å². The van der Waals surface area contributed by atoms with Gasteiger partial charge in [0.25, 0.3) is 0 Å². The first-order valence-corrected chi connectivity index (χ1v) is 12.9. The molecule has 0 amide bonds. The quantitative estimate of drug-likeness (QED) is 0.147. The first kappa shape index (κ1) is 30.1. The van der Waals surface area contributed by atoms with Crippen molar-refractivity contribution in [3.63, 3.8) is 0 Å². The molecule has 0 bridgehead atoms. The number of rotatable bonds is 5. The molecule has 15 nitrogen and oxygen atoms in total. The van der Waals surface area contributed by atoms with Crippen LogP contribution in [0.15, 0.2) is 39.5 Å². The minimum absolute atomic E-state index is 0.0941. The molecule has 0 radical (unpaired) electrons. The smallest absolute Gasteiger partial charge is 0.197 e. The van der Waals surface area contributed by atoms with Gasteiger partial charge in [0.15, 0.2) is 11.0 Å². The molecule has 5 rings (SSSR count). The first-order valence-electron chi connectivity index (χ1n) is 12.9. The van der Waals surface area contributed by atoms with Crippen LogP contribution in [0.3, 0.4) is 0 Å². The Labute approximate surface area is 235 Å². The van der Waals surface area contributed by atoms with E-state index < -0.39 is 113 Å². The standard InChI is InChI=1S/C27H30O15/c28-6-12-17(32)21(36)23(38)26(41-12)15-19(34)14-10(31)5-11(8-1-3-9(30)4-2-8)40-25(14)16(20(15)35)27-24(39)22(37)18(33)13(7-29)42-27/h1-5,12-13,17-18,21-24,26-30,32-39H,6-7H2/t12-,13-,17-,18-,21+,22+,23-,24-,26+,27+/m0/s1. The van der Waals surface area contributed by atoms with Gasteiger partial charge in [-0.25, -0.2) is 0 Å². The molecule has 3 aromatic rings. The fourth-order valence-electron chi connectivity index (χ4n) is 5.39. The van der Waals surface area contributed by atoms with Gasteiger partial charge in [0.2, 0.25) is 0 Å². The van der Waals surface area contributed by atoms with Gasteiger partial charge in [0.1, 0.15) is 89.4 Å². The molecule has 2 aromatic carbocycles. The summed E-state index contributed by atoms with van der Waals surface area (Å²) in [7, 11) is 0. The van der Waals surface area contributed by atoms with Crippen LogP contribution >= 0.6 is 0 Å².